The third-order valence-electron chi connectivity index (χ3n) is 2.32. The van der Waals surface area contributed by atoms with Crippen molar-refractivity contribution in [1.82, 2.24) is 0 Å². The molecule has 0 radical (unpaired) electrons. The van der Waals surface area contributed by atoms with Gasteiger partial charge in [-0.25, -0.2) is 0 Å². The Hall–Kier alpha value is -1.03. The lowest BCUT2D eigenvalue weighted by molar-refractivity contribution is -0.137. The van der Waals surface area contributed by atoms with Gasteiger partial charge in [-0.1, -0.05) is 26.0 Å². The van der Waals surface area contributed by atoms with Gasteiger partial charge in [0.25, 0.3) is 0 Å². The molecule has 1 nitrogen and oxygen atoms in total. The lowest BCUT2D eigenvalue weighted by Crippen LogP contribution is -2.17. The van der Waals surface area contributed by atoms with Crippen LogP contribution in [-0.4, -0.2) is 0 Å². The van der Waals surface area contributed by atoms with Crippen LogP contribution < -0.4 is 5.73 Å². The van der Waals surface area contributed by atoms with Crippen molar-refractivity contribution in [3.8, 4) is 0 Å². The molecule has 4 heteroatoms. The van der Waals surface area contributed by atoms with Crippen molar-refractivity contribution in [3.63, 3.8) is 0 Å². The quantitative estimate of drug-likeness (QED) is 0.807. The third kappa shape index (κ3) is 2.96. The zero-order valence-corrected chi connectivity index (χ0v) is 8.68. The number of rotatable bonds is 2. The molecule has 0 saturated carbocycles. The van der Waals surface area contributed by atoms with Crippen LogP contribution in [0.2, 0.25) is 0 Å². The number of alkyl halides is 3. The molecule has 0 aliphatic heterocycles. The number of halogens is 3. The second-order valence-electron chi connectivity index (χ2n) is 3.89. The maximum atomic E-state index is 12.4. The lowest BCUT2D eigenvalue weighted by atomic mass is 9.95. The van der Waals surface area contributed by atoms with Crippen LogP contribution in [0.3, 0.4) is 0 Å². The monoisotopic (exact) mass is 217 g/mol. The fourth-order valence-electron chi connectivity index (χ4n) is 1.31. The number of nitrogens with two attached hydrogens (primary N) is 1. The summed E-state index contributed by atoms with van der Waals surface area (Å²) in [6, 6.07) is 4.83. The van der Waals surface area contributed by atoms with Crippen LogP contribution in [0.5, 0.6) is 0 Å². The van der Waals surface area contributed by atoms with Gasteiger partial charge in [-0.15, -0.1) is 0 Å². The number of hydrogen-bond donors (Lipinski definition) is 1. The SMILES string of the molecule is CC(C)[C@@H](N)c1cccc(C(F)(F)F)c1. The molecule has 0 fully saturated rings. The van der Waals surface area contributed by atoms with Gasteiger partial charge in [0.2, 0.25) is 0 Å². The molecule has 0 unspecified atom stereocenters. The van der Waals surface area contributed by atoms with Crippen molar-refractivity contribution in [3.05, 3.63) is 35.4 Å². The Kier molecular flexibility index (Phi) is 3.39. The van der Waals surface area contributed by atoms with Gasteiger partial charge < -0.3 is 5.73 Å². The van der Waals surface area contributed by atoms with Crippen LogP contribution in [0.1, 0.15) is 31.0 Å². The summed E-state index contributed by atoms with van der Waals surface area (Å²) in [5, 5.41) is 0. The Morgan fingerprint density at radius 3 is 2.27 bits per heavy atom. The minimum absolute atomic E-state index is 0.119. The second kappa shape index (κ2) is 4.23. The Bertz CT molecular complexity index is 331. The molecule has 0 saturated heterocycles. The molecule has 1 rings (SSSR count). The van der Waals surface area contributed by atoms with E-state index in [1.807, 2.05) is 13.8 Å². The van der Waals surface area contributed by atoms with Crippen LogP contribution in [-0.2, 0) is 6.18 Å². The first kappa shape index (κ1) is 12.0. The Morgan fingerprint density at radius 1 is 1.20 bits per heavy atom. The topological polar surface area (TPSA) is 26.0 Å². The van der Waals surface area contributed by atoms with Gasteiger partial charge in [-0.2, -0.15) is 13.2 Å². The van der Waals surface area contributed by atoms with E-state index < -0.39 is 11.7 Å². The molecule has 2 N–H and O–H groups in total. The number of hydrogen-bond acceptors (Lipinski definition) is 1. The van der Waals surface area contributed by atoms with Gasteiger partial charge in [0.05, 0.1) is 5.56 Å². The molecule has 1 aromatic carbocycles. The molecule has 15 heavy (non-hydrogen) atoms. The summed E-state index contributed by atoms with van der Waals surface area (Å²) < 4.78 is 37.2. The zero-order chi connectivity index (χ0) is 11.6. The Morgan fingerprint density at radius 2 is 1.80 bits per heavy atom. The molecule has 0 aliphatic rings. The van der Waals surface area contributed by atoms with E-state index in [2.05, 4.69) is 0 Å². The summed E-state index contributed by atoms with van der Waals surface area (Å²) in [6.07, 6.45) is -4.30. The first-order valence-corrected chi connectivity index (χ1v) is 4.75. The normalized spacial score (nSPS) is 14.3. The minimum Gasteiger partial charge on any atom is -0.324 e. The molecular weight excluding hydrogens is 203 g/mol. The van der Waals surface area contributed by atoms with Crippen molar-refractivity contribution in [1.29, 1.82) is 0 Å². The number of benzene rings is 1. The average molecular weight is 217 g/mol. The van der Waals surface area contributed by atoms with Crippen LogP contribution in [0.25, 0.3) is 0 Å². The van der Waals surface area contributed by atoms with Gasteiger partial charge in [-0.05, 0) is 23.6 Å². The molecule has 0 heterocycles. The van der Waals surface area contributed by atoms with Gasteiger partial charge in [0, 0.05) is 6.04 Å². The Labute approximate surface area is 87.1 Å². The van der Waals surface area contributed by atoms with Crippen molar-refractivity contribution < 1.29 is 13.2 Å². The third-order valence-corrected chi connectivity index (χ3v) is 2.32. The highest BCUT2D eigenvalue weighted by molar-refractivity contribution is 5.28. The molecule has 84 valence electrons. The summed E-state index contributed by atoms with van der Waals surface area (Å²) in [6.45, 7) is 3.76. The average Bonchev–Trinajstić information content (AvgIpc) is 2.15. The maximum absolute atomic E-state index is 12.4. The summed E-state index contributed by atoms with van der Waals surface area (Å²) >= 11 is 0. The van der Waals surface area contributed by atoms with Crippen LogP contribution in [0, 0.1) is 5.92 Å². The fourth-order valence-corrected chi connectivity index (χ4v) is 1.31. The standard InChI is InChI=1S/C11H14F3N/c1-7(2)10(15)8-4-3-5-9(6-8)11(12,13)14/h3-7,10H,15H2,1-2H3/t10-/m1/s1. The maximum Gasteiger partial charge on any atom is 0.416 e. The zero-order valence-electron chi connectivity index (χ0n) is 8.68. The van der Waals surface area contributed by atoms with Crippen LogP contribution in [0.4, 0.5) is 13.2 Å². The highest BCUT2D eigenvalue weighted by Crippen LogP contribution is 2.31. The summed E-state index contributed by atoms with van der Waals surface area (Å²) in [5.74, 6) is 0.119. The van der Waals surface area contributed by atoms with Gasteiger partial charge in [0.15, 0.2) is 0 Å². The second-order valence-corrected chi connectivity index (χ2v) is 3.89. The van der Waals surface area contributed by atoms with E-state index in [1.54, 1.807) is 6.07 Å². The fraction of sp³-hybridized carbons (Fsp3) is 0.455. The predicted octanol–water partition coefficient (Wildman–Crippen LogP) is 3.36. The van der Waals surface area contributed by atoms with Crippen molar-refractivity contribution in [2.75, 3.05) is 0 Å². The molecule has 1 aromatic rings. The highest BCUT2D eigenvalue weighted by atomic mass is 19.4. The largest absolute Gasteiger partial charge is 0.416 e. The first-order valence-electron chi connectivity index (χ1n) is 4.75. The molecule has 0 aromatic heterocycles. The molecule has 0 amide bonds. The van der Waals surface area contributed by atoms with E-state index in [0.717, 1.165) is 12.1 Å². The molecule has 1 atom stereocenters. The van der Waals surface area contributed by atoms with Crippen molar-refractivity contribution >= 4 is 0 Å². The van der Waals surface area contributed by atoms with Gasteiger partial charge >= 0.3 is 6.18 Å². The van der Waals surface area contributed by atoms with E-state index in [4.69, 9.17) is 5.73 Å². The molecule has 0 aliphatic carbocycles. The first-order chi connectivity index (χ1) is 6.82. The van der Waals surface area contributed by atoms with Crippen LogP contribution in [0.15, 0.2) is 24.3 Å². The van der Waals surface area contributed by atoms with E-state index in [0.29, 0.717) is 5.56 Å². The smallest absolute Gasteiger partial charge is 0.324 e. The highest BCUT2D eigenvalue weighted by Gasteiger charge is 2.30. The summed E-state index contributed by atoms with van der Waals surface area (Å²) in [5.41, 5.74) is 5.67. The van der Waals surface area contributed by atoms with Crippen molar-refractivity contribution in [2.45, 2.75) is 26.1 Å². The molecule has 0 spiro atoms. The Balaban J connectivity index is 3.03. The molecular formula is C11H14F3N. The predicted molar refractivity (Wildman–Crippen MR) is 53.2 cm³/mol. The molecule has 0 bridgehead atoms. The van der Waals surface area contributed by atoms with E-state index in [9.17, 15) is 13.2 Å². The summed E-state index contributed by atoms with van der Waals surface area (Å²) in [7, 11) is 0. The van der Waals surface area contributed by atoms with E-state index in [-0.39, 0.29) is 12.0 Å². The van der Waals surface area contributed by atoms with Gasteiger partial charge in [-0.3, -0.25) is 0 Å². The van der Waals surface area contributed by atoms with Gasteiger partial charge in [0.1, 0.15) is 0 Å². The summed E-state index contributed by atoms with van der Waals surface area (Å²) in [4.78, 5) is 0. The van der Waals surface area contributed by atoms with Crippen molar-refractivity contribution in [2.24, 2.45) is 11.7 Å². The lowest BCUT2D eigenvalue weighted by Gasteiger charge is -2.17. The van der Waals surface area contributed by atoms with E-state index in [1.165, 1.54) is 6.07 Å². The minimum atomic E-state index is -4.30. The van der Waals surface area contributed by atoms with Crippen LogP contribution >= 0.6 is 0 Å². The van der Waals surface area contributed by atoms with E-state index >= 15 is 0 Å².